The summed E-state index contributed by atoms with van der Waals surface area (Å²) in [7, 11) is 1.33. The number of furan rings is 1. The summed E-state index contributed by atoms with van der Waals surface area (Å²) in [6, 6.07) is 17.7. The fourth-order valence-corrected chi connectivity index (χ4v) is 4.24. The van der Waals surface area contributed by atoms with Crippen molar-refractivity contribution in [2.75, 3.05) is 7.11 Å². The van der Waals surface area contributed by atoms with Crippen LogP contribution in [0.1, 0.15) is 21.9 Å². The molecule has 0 unspecified atom stereocenters. The lowest BCUT2D eigenvalue weighted by Crippen LogP contribution is -2.03. The number of carbonyl (C=O) groups excluding carboxylic acids is 1. The van der Waals surface area contributed by atoms with Crippen LogP contribution < -0.4 is 0 Å². The first-order chi connectivity index (χ1) is 13.7. The zero-order valence-electron chi connectivity index (χ0n) is 15.1. The predicted octanol–water partition coefficient (Wildman–Crippen LogP) is 4.73. The summed E-state index contributed by atoms with van der Waals surface area (Å²) in [5, 5.41) is 11.6. The Labute approximate surface area is 170 Å². The Morgan fingerprint density at radius 2 is 2.00 bits per heavy atom. The topological polar surface area (TPSA) is 70.2 Å². The molecule has 4 aromatic rings. The van der Waals surface area contributed by atoms with E-state index in [9.17, 15) is 4.79 Å². The minimum Gasteiger partial charge on any atom is -0.463 e. The number of thioether (sulfide) groups is 1. The monoisotopic (exact) mass is 411 g/mol. The molecule has 0 atom stereocenters. The lowest BCUT2D eigenvalue weighted by molar-refractivity contribution is 0.0563. The molecular weight excluding hydrogens is 394 g/mol. The van der Waals surface area contributed by atoms with Crippen LogP contribution in [0.25, 0.3) is 10.7 Å². The number of thiophene rings is 1. The molecule has 0 saturated heterocycles. The van der Waals surface area contributed by atoms with Crippen molar-refractivity contribution in [2.45, 2.75) is 17.5 Å². The van der Waals surface area contributed by atoms with Gasteiger partial charge in [-0.25, -0.2) is 4.79 Å². The normalized spacial score (nSPS) is 10.9. The number of nitrogens with zero attached hydrogens (tertiary/aromatic N) is 3. The van der Waals surface area contributed by atoms with Crippen LogP contribution in [0.3, 0.4) is 0 Å². The van der Waals surface area contributed by atoms with Gasteiger partial charge in [0, 0.05) is 0 Å². The van der Waals surface area contributed by atoms with Crippen molar-refractivity contribution in [2.24, 2.45) is 0 Å². The second-order valence-corrected chi connectivity index (χ2v) is 7.79. The van der Waals surface area contributed by atoms with Gasteiger partial charge in [0.25, 0.3) is 0 Å². The first kappa shape index (κ1) is 18.5. The van der Waals surface area contributed by atoms with Crippen LogP contribution in [0.15, 0.2) is 69.6 Å². The maximum absolute atomic E-state index is 11.5. The van der Waals surface area contributed by atoms with Crippen LogP contribution in [0.5, 0.6) is 0 Å². The van der Waals surface area contributed by atoms with E-state index < -0.39 is 5.97 Å². The highest BCUT2D eigenvalue weighted by Crippen LogP contribution is 2.30. The highest BCUT2D eigenvalue weighted by atomic mass is 32.2. The zero-order valence-corrected chi connectivity index (χ0v) is 16.7. The maximum atomic E-state index is 11.5. The number of ether oxygens (including phenoxy) is 1. The van der Waals surface area contributed by atoms with Crippen molar-refractivity contribution >= 4 is 29.1 Å². The van der Waals surface area contributed by atoms with Crippen molar-refractivity contribution < 1.29 is 13.9 Å². The SMILES string of the molecule is COC(=O)c1ccc(CSc2nnc(-c3cccs3)n2Cc2ccccc2)o1. The Balaban J connectivity index is 1.58. The van der Waals surface area contributed by atoms with E-state index in [1.165, 1.54) is 24.4 Å². The summed E-state index contributed by atoms with van der Waals surface area (Å²) in [6.07, 6.45) is 0. The van der Waals surface area contributed by atoms with Gasteiger partial charge in [-0.15, -0.1) is 21.5 Å². The Morgan fingerprint density at radius 1 is 1.14 bits per heavy atom. The molecule has 28 heavy (non-hydrogen) atoms. The summed E-state index contributed by atoms with van der Waals surface area (Å²) >= 11 is 3.15. The molecule has 6 nitrogen and oxygen atoms in total. The van der Waals surface area contributed by atoms with Gasteiger partial charge < -0.3 is 9.15 Å². The molecule has 0 aliphatic carbocycles. The van der Waals surface area contributed by atoms with Gasteiger partial charge in [0.15, 0.2) is 11.0 Å². The average Bonchev–Trinajstić information content (AvgIpc) is 3.47. The lowest BCUT2D eigenvalue weighted by Gasteiger charge is -2.09. The molecule has 0 N–H and O–H groups in total. The lowest BCUT2D eigenvalue weighted by atomic mass is 10.2. The molecule has 0 amide bonds. The largest absolute Gasteiger partial charge is 0.463 e. The van der Waals surface area contributed by atoms with E-state index in [-0.39, 0.29) is 5.76 Å². The fourth-order valence-electron chi connectivity index (χ4n) is 2.69. The molecule has 0 fully saturated rings. The van der Waals surface area contributed by atoms with Gasteiger partial charge in [-0.1, -0.05) is 48.2 Å². The highest BCUT2D eigenvalue weighted by molar-refractivity contribution is 7.98. The first-order valence-electron chi connectivity index (χ1n) is 8.55. The molecule has 0 bridgehead atoms. The predicted molar refractivity (Wildman–Crippen MR) is 108 cm³/mol. The smallest absolute Gasteiger partial charge is 0.373 e. The second kappa shape index (κ2) is 8.45. The third-order valence-corrected chi connectivity index (χ3v) is 5.89. The molecule has 142 valence electrons. The Kier molecular flexibility index (Phi) is 5.59. The van der Waals surface area contributed by atoms with Gasteiger partial charge in [0.1, 0.15) is 5.76 Å². The van der Waals surface area contributed by atoms with E-state index in [1.54, 1.807) is 23.5 Å². The summed E-state index contributed by atoms with van der Waals surface area (Å²) < 4.78 is 12.3. The number of benzene rings is 1. The first-order valence-corrected chi connectivity index (χ1v) is 10.4. The van der Waals surface area contributed by atoms with E-state index in [4.69, 9.17) is 4.42 Å². The number of hydrogen-bond donors (Lipinski definition) is 0. The fraction of sp³-hybridized carbons (Fsp3) is 0.150. The molecule has 4 rings (SSSR count). The van der Waals surface area contributed by atoms with Gasteiger partial charge in [0.2, 0.25) is 5.76 Å². The maximum Gasteiger partial charge on any atom is 0.373 e. The summed E-state index contributed by atoms with van der Waals surface area (Å²) in [5.41, 5.74) is 1.17. The van der Waals surface area contributed by atoms with E-state index in [1.807, 2.05) is 35.7 Å². The number of rotatable bonds is 7. The molecule has 3 heterocycles. The number of esters is 1. The van der Waals surface area contributed by atoms with Crippen LogP contribution >= 0.6 is 23.1 Å². The Bertz CT molecular complexity index is 1060. The third-order valence-electron chi connectivity index (χ3n) is 4.03. The van der Waals surface area contributed by atoms with Crippen molar-refractivity contribution in [1.29, 1.82) is 0 Å². The highest BCUT2D eigenvalue weighted by Gasteiger charge is 2.17. The minimum absolute atomic E-state index is 0.197. The van der Waals surface area contributed by atoms with Crippen LogP contribution in [-0.4, -0.2) is 27.8 Å². The minimum atomic E-state index is -0.483. The van der Waals surface area contributed by atoms with Gasteiger partial charge in [0.05, 0.1) is 24.3 Å². The molecule has 0 aliphatic heterocycles. The van der Waals surface area contributed by atoms with Crippen LogP contribution in [-0.2, 0) is 17.0 Å². The summed E-state index contributed by atoms with van der Waals surface area (Å²) in [6.45, 7) is 0.676. The van der Waals surface area contributed by atoms with Gasteiger partial charge in [-0.2, -0.15) is 0 Å². The Hall–Kier alpha value is -2.84. The molecule has 0 radical (unpaired) electrons. The quantitative estimate of drug-likeness (QED) is 0.324. The molecule has 0 saturated carbocycles. The molecule has 8 heteroatoms. The molecule has 0 spiro atoms. The molecule has 0 aliphatic rings. The second-order valence-electron chi connectivity index (χ2n) is 5.90. The standard InChI is InChI=1S/C20H17N3O3S2/c1-25-19(24)16-10-9-15(26-16)13-28-20-22-21-18(17-8-5-11-27-17)23(20)12-14-6-3-2-4-7-14/h2-11H,12-13H2,1H3. The third kappa shape index (κ3) is 4.02. The van der Waals surface area contributed by atoms with Crippen LogP contribution in [0.2, 0.25) is 0 Å². The van der Waals surface area contributed by atoms with E-state index in [0.29, 0.717) is 18.1 Å². The van der Waals surface area contributed by atoms with Crippen molar-refractivity contribution in [3.63, 3.8) is 0 Å². The number of hydrogen-bond acceptors (Lipinski definition) is 7. The zero-order chi connectivity index (χ0) is 19.3. The van der Waals surface area contributed by atoms with Crippen molar-refractivity contribution in [1.82, 2.24) is 14.8 Å². The van der Waals surface area contributed by atoms with E-state index >= 15 is 0 Å². The number of aromatic nitrogens is 3. The average molecular weight is 412 g/mol. The Morgan fingerprint density at radius 3 is 2.75 bits per heavy atom. The number of carbonyl (C=O) groups is 1. The van der Waals surface area contributed by atoms with Gasteiger partial charge in [-0.05, 0) is 29.1 Å². The summed E-state index contributed by atoms with van der Waals surface area (Å²) in [4.78, 5) is 12.6. The van der Waals surface area contributed by atoms with Gasteiger partial charge in [-0.3, -0.25) is 4.57 Å². The molecule has 1 aromatic carbocycles. The summed E-state index contributed by atoms with van der Waals surface area (Å²) in [5.74, 6) is 1.77. The van der Waals surface area contributed by atoms with E-state index in [2.05, 4.69) is 31.6 Å². The van der Waals surface area contributed by atoms with Gasteiger partial charge >= 0.3 is 5.97 Å². The van der Waals surface area contributed by atoms with Crippen LogP contribution in [0, 0.1) is 0 Å². The molecule has 3 aromatic heterocycles. The van der Waals surface area contributed by atoms with E-state index in [0.717, 1.165) is 15.9 Å². The number of methoxy groups -OCH3 is 1. The van der Waals surface area contributed by atoms with Crippen molar-refractivity contribution in [3.05, 3.63) is 77.1 Å². The van der Waals surface area contributed by atoms with Crippen molar-refractivity contribution in [3.8, 4) is 10.7 Å². The molecular formula is C20H17N3O3S2. The van der Waals surface area contributed by atoms with Crippen LogP contribution in [0.4, 0.5) is 0 Å².